The number of thioether (sulfide) groups is 1. The molecular weight excluding hydrogens is 398 g/mol. The zero-order valence-corrected chi connectivity index (χ0v) is 16.4. The molecule has 2 aromatic rings. The number of carboxylic acids is 1. The van der Waals surface area contributed by atoms with Gasteiger partial charge < -0.3 is 15.2 Å². The topological polar surface area (TPSA) is 93.4 Å². The summed E-state index contributed by atoms with van der Waals surface area (Å²) >= 11 is 2.96. The largest absolute Gasteiger partial charge is 0.543 e. The third-order valence-electron chi connectivity index (χ3n) is 4.65. The summed E-state index contributed by atoms with van der Waals surface area (Å²) in [5.41, 5.74) is 1.43. The van der Waals surface area contributed by atoms with E-state index in [1.807, 2.05) is 52.0 Å². The number of nitrogens with one attached hydrogen (secondary N) is 1. The maximum absolute atomic E-state index is 12.6. The van der Waals surface area contributed by atoms with Crippen LogP contribution in [0.15, 0.2) is 58.7 Å². The smallest absolute Gasteiger partial charge is 0.253 e. The number of pyridine rings is 1. The first kappa shape index (κ1) is 18.7. The lowest BCUT2D eigenvalue weighted by atomic mass is 10.0. The van der Waals surface area contributed by atoms with Crippen LogP contribution in [0.4, 0.5) is 0 Å². The fraction of sp³-hybridized carbons (Fsp3) is 0.263. The molecule has 2 atom stereocenters. The first-order chi connectivity index (χ1) is 13.5. The minimum Gasteiger partial charge on any atom is -0.543 e. The van der Waals surface area contributed by atoms with E-state index in [-0.39, 0.29) is 18.0 Å². The molecule has 0 bridgehead atoms. The number of amides is 2. The second kappa shape index (κ2) is 7.76. The van der Waals surface area contributed by atoms with Crippen molar-refractivity contribution < 1.29 is 24.1 Å². The minimum absolute atomic E-state index is 0.0755. The van der Waals surface area contributed by atoms with Gasteiger partial charge in [0, 0.05) is 23.5 Å². The molecule has 0 aromatic carbocycles. The Kier molecular flexibility index (Phi) is 5.19. The lowest BCUT2D eigenvalue weighted by Gasteiger charge is -2.50. The monoisotopic (exact) mass is 415 g/mol. The number of fused-ring (bicyclic) bond motifs is 1. The van der Waals surface area contributed by atoms with E-state index in [1.54, 1.807) is 0 Å². The van der Waals surface area contributed by atoms with E-state index in [9.17, 15) is 19.5 Å². The molecule has 2 aliphatic heterocycles. The van der Waals surface area contributed by atoms with E-state index >= 15 is 0 Å². The molecule has 28 heavy (non-hydrogen) atoms. The number of β-lactam (4-membered cyclic amide) rings is 1. The molecule has 2 aromatic heterocycles. The van der Waals surface area contributed by atoms with Crippen molar-refractivity contribution in [2.24, 2.45) is 0 Å². The average Bonchev–Trinajstić information content (AvgIpc) is 3.19. The zero-order valence-electron chi connectivity index (χ0n) is 14.7. The molecule has 7 nitrogen and oxygen atoms in total. The van der Waals surface area contributed by atoms with Crippen molar-refractivity contribution in [1.82, 2.24) is 10.2 Å². The molecule has 9 heteroatoms. The molecular formula is C19H17N3O4S2. The van der Waals surface area contributed by atoms with Crippen molar-refractivity contribution in [2.75, 3.05) is 5.75 Å². The van der Waals surface area contributed by atoms with Crippen LogP contribution in [0.5, 0.6) is 0 Å². The van der Waals surface area contributed by atoms with Gasteiger partial charge in [0.2, 0.25) is 5.91 Å². The zero-order chi connectivity index (χ0) is 19.7. The molecule has 0 aliphatic carbocycles. The van der Waals surface area contributed by atoms with E-state index in [1.165, 1.54) is 28.0 Å². The number of hydrogen-bond donors (Lipinski definition) is 1. The summed E-state index contributed by atoms with van der Waals surface area (Å²) in [6, 6.07) is 6.73. The third kappa shape index (κ3) is 3.55. The quantitative estimate of drug-likeness (QED) is 0.516. The number of carboxylic acid groups (broad SMARTS) is 1. The molecule has 0 saturated carbocycles. The fourth-order valence-electron chi connectivity index (χ4n) is 3.36. The van der Waals surface area contributed by atoms with Crippen molar-refractivity contribution in [3.8, 4) is 0 Å². The molecule has 1 saturated heterocycles. The number of thiophene rings is 1. The van der Waals surface area contributed by atoms with Crippen LogP contribution in [-0.2, 0) is 27.3 Å². The molecule has 2 amide bonds. The Labute approximate surface area is 169 Å². The molecule has 0 unspecified atom stereocenters. The lowest BCUT2D eigenvalue weighted by Crippen LogP contribution is -2.71. The summed E-state index contributed by atoms with van der Waals surface area (Å²) < 4.78 is 1.85. The van der Waals surface area contributed by atoms with E-state index in [0.29, 0.717) is 17.9 Å². The number of carbonyl (C=O) groups is 3. The first-order valence-electron chi connectivity index (χ1n) is 8.67. The van der Waals surface area contributed by atoms with Gasteiger partial charge in [-0.25, -0.2) is 4.57 Å². The van der Waals surface area contributed by atoms with Crippen LogP contribution in [0.25, 0.3) is 0 Å². The maximum Gasteiger partial charge on any atom is 0.253 e. The predicted octanol–water partition coefficient (Wildman–Crippen LogP) is -0.318. The summed E-state index contributed by atoms with van der Waals surface area (Å²) in [7, 11) is 0. The van der Waals surface area contributed by atoms with Gasteiger partial charge in [-0.05, 0) is 22.4 Å². The van der Waals surface area contributed by atoms with Crippen molar-refractivity contribution >= 4 is 40.9 Å². The van der Waals surface area contributed by atoms with Gasteiger partial charge in [0.15, 0.2) is 18.9 Å². The summed E-state index contributed by atoms with van der Waals surface area (Å²) in [6.45, 7) is 0.364. The molecule has 4 rings (SSSR count). The van der Waals surface area contributed by atoms with Gasteiger partial charge in [0.1, 0.15) is 11.4 Å². The fourth-order valence-corrected chi connectivity index (χ4v) is 5.36. The van der Waals surface area contributed by atoms with Gasteiger partial charge in [0.25, 0.3) is 5.91 Å². The normalized spacial score (nSPS) is 21.1. The van der Waals surface area contributed by atoms with Crippen LogP contribution in [0, 0.1) is 0 Å². The Bertz CT molecular complexity index is 943. The van der Waals surface area contributed by atoms with Crippen molar-refractivity contribution in [3.05, 3.63) is 64.3 Å². The van der Waals surface area contributed by atoms with Crippen LogP contribution in [0.2, 0.25) is 0 Å². The van der Waals surface area contributed by atoms with Crippen LogP contribution in [-0.4, -0.2) is 39.9 Å². The number of carbonyl (C=O) groups excluding carboxylic acids is 3. The second-order valence-corrected chi connectivity index (χ2v) is 8.44. The lowest BCUT2D eigenvalue weighted by molar-refractivity contribution is -0.689. The maximum atomic E-state index is 12.6. The molecule has 1 fully saturated rings. The number of rotatable bonds is 6. The Hall–Kier alpha value is -2.65. The van der Waals surface area contributed by atoms with Crippen LogP contribution in [0.3, 0.4) is 0 Å². The van der Waals surface area contributed by atoms with Crippen molar-refractivity contribution in [1.29, 1.82) is 0 Å². The highest BCUT2D eigenvalue weighted by Crippen LogP contribution is 2.40. The average molecular weight is 415 g/mol. The molecule has 1 N–H and O–H groups in total. The third-order valence-corrected chi connectivity index (χ3v) is 6.72. The van der Waals surface area contributed by atoms with Crippen LogP contribution < -0.4 is 15.0 Å². The van der Waals surface area contributed by atoms with E-state index in [2.05, 4.69) is 5.32 Å². The predicted molar refractivity (Wildman–Crippen MR) is 102 cm³/mol. The van der Waals surface area contributed by atoms with Gasteiger partial charge in [-0.3, -0.25) is 14.5 Å². The second-order valence-electron chi connectivity index (χ2n) is 6.55. The van der Waals surface area contributed by atoms with E-state index < -0.39 is 23.3 Å². The summed E-state index contributed by atoms with van der Waals surface area (Å²) in [5, 5.41) is 17.9. The summed E-state index contributed by atoms with van der Waals surface area (Å²) in [6.07, 6.45) is 3.87. The van der Waals surface area contributed by atoms with E-state index in [0.717, 1.165) is 5.56 Å². The van der Waals surface area contributed by atoms with Gasteiger partial charge in [-0.15, -0.1) is 11.8 Å². The number of hydrogen-bond acceptors (Lipinski definition) is 6. The Morgan fingerprint density at radius 3 is 2.75 bits per heavy atom. The first-order valence-corrected chi connectivity index (χ1v) is 10.7. The van der Waals surface area contributed by atoms with Gasteiger partial charge in [-0.1, -0.05) is 6.07 Å². The highest BCUT2D eigenvalue weighted by Gasteiger charge is 2.53. The van der Waals surface area contributed by atoms with Gasteiger partial charge in [0.05, 0.1) is 18.1 Å². The molecule has 4 heterocycles. The van der Waals surface area contributed by atoms with Crippen LogP contribution >= 0.6 is 23.1 Å². The van der Waals surface area contributed by atoms with Crippen molar-refractivity contribution in [3.63, 3.8) is 0 Å². The molecule has 144 valence electrons. The Morgan fingerprint density at radius 1 is 1.29 bits per heavy atom. The van der Waals surface area contributed by atoms with Crippen LogP contribution in [0.1, 0.15) is 5.56 Å². The van der Waals surface area contributed by atoms with Gasteiger partial charge >= 0.3 is 0 Å². The minimum atomic E-state index is -1.37. The molecule has 2 aliphatic rings. The standard InChI is InChI=1S/C19H17N3O4S2/c23-14(8-12-4-7-27-10-12)20-15-17(24)22-16(19(25)26)13(11-28-18(15)22)9-21-5-2-1-3-6-21/h1-7,10,15,18H,8-9,11H2,(H-,20,23,25,26)/t15-,18-/m1/s1. The molecule has 0 spiro atoms. The van der Waals surface area contributed by atoms with Crippen molar-refractivity contribution in [2.45, 2.75) is 24.4 Å². The van der Waals surface area contributed by atoms with E-state index in [4.69, 9.17) is 0 Å². The molecule has 0 radical (unpaired) electrons. The number of aromatic nitrogens is 1. The summed E-state index contributed by atoms with van der Waals surface area (Å²) in [4.78, 5) is 37.8. The highest BCUT2D eigenvalue weighted by molar-refractivity contribution is 8.00. The van der Waals surface area contributed by atoms with Gasteiger partial charge in [-0.2, -0.15) is 11.3 Å². The SMILES string of the molecule is O=C(Cc1ccsc1)N[C@@H]1C(=O)N2C(C(=O)[O-])=C(C[n+]3ccccc3)CS[C@H]12. The number of aliphatic carboxylic acids is 1. The summed E-state index contributed by atoms with van der Waals surface area (Å²) in [5.74, 6) is -1.57. The Morgan fingerprint density at radius 2 is 2.07 bits per heavy atom. The highest BCUT2D eigenvalue weighted by atomic mass is 32.2. The number of nitrogens with zero attached hydrogens (tertiary/aromatic N) is 2. The Balaban J connectivity index is 1.49.